The van der Waals surface area contributed by atoms with Crippen molar-refractivity contribution in [2.75, 3.05) is 7.05 Å². The second-order valence-electron chi connectivity index (χ2n) is 5.60. The van der Waals surface area contributed by atoms with Gasteiger partial charge in [0.1, 0.15) is 11.5 Å². The van der Waals surface area contributed by atoms with Crippen LogP contribution in [0.3, 0.4) is 0 Å². The summed E-state index contributed by atoms with van der Waals surface area (Å²) in [7, 11) is 2.19. The number of nitrogens with one attached hydrogen (secondary N) is 1. The molecule has 0 spiro atoms. The van der Waals surface area contributed by atoms with Gasteiger partial charge in [0.15, 0.2) is 0 Å². The third-order valence-corrected chi connectivity index (χ3v) is 3.81. The van der Waals surface area contributed by atoms with Gasteiger partial charge in [0.2, 0.25) is 0 Å². The number of nitrogens with zero attached hydrogens (tertiary/aromatic N) is 1. The van der Waals surface area contributed by atoms with E-state index in [-0.39, 0.29) is 0 Å². The molecule has 3 nitrogen and oxygen atoms in total. The fourth-order valence-corrected chi connectivity index (χ4v) is 2.27. The van der Waals surface area contributed by atoms with Gasteiger partial charge in [0, 0.05) is 24.2 Å². The largest absolute Gasteiger partial charge is 0.465 e. The maximum Gasteiger partial charge on any atom is 0.118 e. The van der Waals surface area contributed by atoms with E-state index in [9.17, 15) is 0 Å². The van der Waals surface area contributed by atoms with Crippen LogP contribution in [0.5, 0.6) is 0 Å². The molecule has 0 unspecified atom stereocenters. The molecule has 0 radical (unpaired) electrons. The molecular formula is C14H22N2O. The van der Waals surface area contributed by atoms with Crippen molar-refractivity contribution in [2.45, 2.75) is 57.8 Å². The van der Waals surface area contributed by atoms with Crippen LogP contribution in [-0.4, -0.2) is 24.0 Å². The molecule has 94 valence electrons. The molecule has 17 heavy (non-hydrogen) atoms. The zero-order valence-electron chi connectivity index (χ0n) is 10.8. The van der Waals surface area contributed by atoms with Crippen LogP contribution in [0.4, 0.5) is 0 Å². The monoisotopic (exact) mass is 234 g/mol. The fourth-order valence-electron chi connectivity index (χ4n) is 2.27. The molecule has 0 aromatic carbocycles. The molecule has 2 saturated carbocycles. The standard InChI is InChI=1S/C14H22N2O/c1-10-11(8-15-12-3-4-12)7-14(17-10)9-16(2)13-5-6-13/h7,12-13,15H,3-6,8-9H2,1-2H3. The third-order valence-electron chi connectivity index (χ3n) is 3.81. The zero-order chi connectivity index (χ0) is 11.8. The summed E-state index contributed by atoms with van der Waals surface area (Å²) in [5.74, 6) is 2.20. The van der Waals surface area contributed by atoms with E-state index >= 15 is 0 Å². The minimum Gasteiger partial charge on any atom is -0.465 e. The maximum atomic E-state index is 5.83. The molecule has 1 aromatic heterocycles. The molecule has 0 amide bonds. The van der Waals surface area contributed by atoms with E-state index in [4.69, 9.17) is 4.42 Å². The van der Waals surface area contributed by atoms with Crippen molar-refractivity contribution in [3.05, 3.63) is 23.2 Å². The third kappa shape index (κ3) is 2.90. The van der Waals surface area contributed by atoms with Crippen LogP contribution < -0.4 is 5.32 Å². The van der Waals surface area contributed by atoms with E-state index in [1.807, 2.05) is 0 Å². The molecule has 3 rings (SSSR count). The molecule has 0 atom stereocenters. The molecule has 1 aromatic rings. The predicted octanol–water partition coefficient (Wildman–Crippen LogP) is 2.43. The summed E-state index contributed by atoms with van der Waals surface area (Å²) in [6.07, 6.45) is 5.39. The van der Waals surface area contributed by atoms with Crippen LogP contribution in [0.25, 0.3) is 0 Å². The van der Waals surface area contributed by atoms with Gasteiger partial charge >= 0.3 is 0 Å². The van der Waals surface area contributed by atoms with Crippen molar-refractivity contribution in [2.24, 2.45) is 0 Å². The lowest BCUT2D eigenvalue weighted by molar-refractivity contribution is 0.283. The van der Waals surface area contributed by atoms with Gasteiger partial charge in [-0.25, -0.2) is 0 Å². The second-order valence-corrected chi connectivity index (χ2v) is 5.60. The zero-order valence-corrected chi connectivity index (χ0v) is 10.8. The number of rotatable bonds is 6. The molecule has 0 aliphatic heterocycles. The van der Waals surface area contributed by atoms with Gasteiger partial charge in [-0.05, 0) is 45.7 Å². The lowest BCUT2D eigenvalue weighted by Crippen LogP contribution is -2.19. The molecule has 2 aliphatic rings. The van der Waals surface area contributed by atoms with Gasteiger partial charge in [-0.3, -0.25) is 4.90 Å². The smallest absolute Gasteiger partial charge is 0.118 e. The first-order valence-corrected chi connectivity index (χ1v) is 6.74. The quantitative estimate of drug-likeness (QED) is 0.819. The highest BCUT2D eigenvalue weighted by Crippen LogP contribution is 2.27. The van der Waals surface area contributed by atoms with Crippen molar-refractivity contribution in [3.63, 3.8) is 0 Å². The predicted molar refractivity (Wildman–Crippen MR) is 67.8 cm³/mol. The summed E-state index contributed by atoms with van der Waals surface area (Å²) in [6, 6.07) is 3.79. The number of hydrogen-bond acceptors (Lipinski definition) is 3. The van der Waals surface area contributed by atoms with E-state index < -0.39 is 0 Å². The van der Waals surface area contributed by atoms with Gasteiger partial charge in [-0.2, -0.15) is 0 Å². The number of aryl methyl sites for hydroxylation is 1. The fraction of sp³-hybridized carbons (Fsp3) is 0.714. The minimum atomic E-state index is 0.766. The van der Waals surface area contributed by atoms with Crippen LogP contribution in [0.15, 0.2) is 10.5 Å². The molecule has 0 bridgehead atoms. The number of hydrogen-bond donors (Lipinski definition) is 1. The first-order valence-electron chi connectivity index (χ1n) is 6.74. The maximum absolute atomic E-state index is 5.83. The van der Waals surface area contributed by atoms with Gasteiger partial charge < -0.3 is 9.73 Å². The summed E-state index contributed by atoms with van der Waals surface area (Å²) < 4.78 is 5.83. The normalized spacial score (nSPS) is 20.2. The Bertz CT molecular complexity index is 391. The SMILES string of the molecule is Cc1oc(CN(C)C2CC2)cc1CNC1CC1. The van der Waals surface area contributed by atoms with Crippen molar-refractivity contribution >= 4 is 0 Å². The van der Waals surface area contributed by atoms with E-state index in [0.29, 0.717) is 0 Å². The van der Waals surface area contributed by atoms with Crippen LogP contribution in [0.2, 0.25) is 0 Å². The highest BCUT2D eigenvalue weighted by atomic mass is 16.3. The summed E-state index contributed by atoms with van der Waals surface area (Å²) >= 11 is 0. The topological polar surface area (TPSA) is 28.4 Å². The summed E-state index contributed by atoms with van der Waals surface area (Å²) in [5.41, 5.74) is 1.33. The summed E-state index contributed by atoms with van der Waals surface area (Å²) in [6.45, 7) is 3.99. The summed E-state index contributed by atoms with van der Waals surface area (Å²) in [4.78, 5) is 2.40. The van der Waals surface area contributed by atoms with E-state index in [1.54, 1.807) is 0 Å². The molecule has 1 heterocycles. The van der Waals surface area contributed by atoms with Crippen LogP contribution in [0, 0.1) is 6.92 Å². The van der Waals surface area contributed by atoms with Gasteiger partial charge in [-0.15, -0.1) is 0 Å². The number of furan rings is 1. The van der Waals surface area contributed by atoms with Crippen LogP contribution in [-0.2, 0) is 13.1 Å². The highest BCUT2D eigenvalue weighted by molar-refractivity contribution is 5.21. The van der Waals surface area contributed by atoms with Gasteiger partial charge in [0.25, 0.3) is 0 Å². The molecule has 0 saturated heterocycles. The van der Waals surface area contributed by atoms with Crippen molar-refractivity contribution in [1.82, 2.24) is 10.2 Å². The minimum absolute atomic E-state index is 0.766. The molecule has 2 fully saturated rings. The molecule has 1 N–H and O–H groups in total. The van der Waals surface area contributed by atoms with E-state index in [0.717, 1.165) is 36.7 Å². The van der Waals surface area contributed by atoms with Crippen molar-refractivity contribution in [3.8, 4) is 0 Å². The van der Waals surface area contributed by atoms with Gasteiger partial charge in [-0.1, -0.05) is 0 Å². The Morgan fingerprint density at radius 3 is 2.76 bits per heavy atom. The Morgan fingerprint density at radius 2 is 2.12 bits per heavy atom. The first kappa shape index (κ1) is 11.3. The second kappa shape index (κ2) is 4.46. The van der Waals surface area contributed by atoms with Crippen molar-refractivity contribution in [1.29, 1.82) is 0 Å². The lowest BCUT2D eigenvalue weighted by atomic mass is 10.2. The Kier molecular flexibility index (Phi) is 2.97. The first-order chi connectivity index (χ1) is 8.22. The average Bonchev–Trinajstić information content (AvgIpc) is 3.15. The molecule has 2 aliphatic carbocycles. The molecular weight excluding hydrogens is 212 g/mol. The Balaban J connectivity index is 1.57. The Morgan fingerprint density at radius 1 is 1.35 bits per heavy atom. The Hall–Kier alpha value is -0.800. The highest BCUT2D eigenvalue weighted by Gasteiger charge is 2.27. The van der Waals surface area contributed by atoms with E-state index in [2.05, 4.69) is 30.3 Å². The molecule has 3 heteroatoms. The van der Waals surface area contributed by atoms with E-state index in [1.165, 1.54) is 31.2 Å². The average molecular weight is 234 g/mol. The lowest BCUT2D eigenvalue weighted by Gasteiger charge is -2.12. The summed E-state index contributed by atoms with van der Waals surface area (Å²) in [5, 5.41) is 3.54. The van der Waals surface area contributed by atoms with Crippen molar-refractivity contribution < 1.29 is 4.42 Å². The Labute approximate surface area is 103 Å². The van der Waals surface area contributed by atoms with Gasteiger partial charge in [0.05, 0.1) is 6.54 Å². The van der Waals surface area contributed by atoms with Crippen LogP contribution in [0.1, 0.15) is 42.8 Å². The van der Waals surface area contributed by atoms with Crippen LogP contribution >= 0.6 is 0 Å².